The number of likely N-dealkylation sites (N-methyl/N-ethyl adjacent to an activating group) is 2. The molecule has 0 saturated carbocycles. The largest absolute Gasteiger partial charge is 0.305 e. The van der Waals surface area contributed by atoms with Crippen molar-refractivity contribution in [2.45, 2.75) is 45.1 Å². The minimum Gasteiger partial charge on any atom is -0.305 e. The molecule has 1 aliphatic heterocycles. The minimum atomic E-state index is 0.395. The Morgan fingerprint density at radius 1 is 1.50 bits per heavy atom. The quantitative estimate of drug-likeness (QED) is 0.661. The van der Waals surface area contributed by atoms with Crippen LogP contribution in [0.1, 0.15) is 39.0 Å². The molecule has 94 valence electrons. The molecule has 1 saturated heterocycles. The Hall–Kier alpha value is -0.410. The Balaban J connectivity index is 2.10. The SMILES string of the molecule is CCC(=O)CCCN(C)CC1CCCN1C. The number of rotatable bonds is 7. The van der Waals surface area contributed by atoms with Crippen molar-refractivity contribution in [3.8, 4) is 0 Å². The second kappa shape index (κ2) is 7.02. The van der Waals surface area contributed by atoms with Gasteiger partial charge in [0.25, 0.3) is 0 Å². The van der Waals surface area contributed by atoms with Crippen molar-refractivity contribution in [3.63, 3.8) is 0 Å². The molecule has 3 nitrogen and oxygen atoms in total. The molecule has 1 aliphatic rings. The van der Waals surface area contributed by atoms with Crippen LogP contribution in [0, 0.1) is 0 Å². The minimum absolute atomic E-state index is 0.395. The monoisotopic (exact) mass is 226 g/mol. The van der Waals surface area contributed by atoms with E-state index >= 15 is 0 Å². The maximum atomic E-state index is 11.2. The molecule has 0 aromatic rings. The van der Waals surface area contributed by atoms with Crippen molar-refractivity contribution in [3.05, 3.63) is 0 Å². The van der Waals surface area contributed by atoms with E-state index in [1.54, 1.807) is 0 Å². The van der Waals surface area contributed by atoms with Crippen LogP contribution in [0.5, 0.6) is 0 Å². The molecule has 1 heterocycles. The van der Waals surface area contributed by atoms with Crippen LogP contribution in [0.15, 0.2) is 0 Å². The molecule has 1 rings (SSSR count). The molecule has 0 aromatic carbocycles. The molecule has 1 fully saturated rings. The number of nitrogens with zero attached hydrogens (tertiary/aromatic N) is 2. The first-order chi connectivity index (χ1) is 7.63. The fourth-order valence-corrected chi connectivity index (χ4v) is 2.38. The van der Waals surface area contributed by atoms with Crippen LogP contribution >= 0.6 is 0 Å². The molecule has 1 atom stereocenters. The molecule has 0 radical (unpaired) electrons. The molecule has 1 unspecified atom stereocenters. The first-order valence-corrected chi connectivity index (χ1v) is 6.54. The Bertz CT molecular complexity index is 218. The number of hydrogen-bond acceptors (Lipinski definition) is 3. The summed E-state index contributed by atoms with van der Waals surface area (Å²) in [6.07, 6.45) is 5.12. The van der Waals surface area contributed by atoms with Gasteiger partial charge < -0.3 is 9.80 Å². The summed E-state index contributed by atoms with van der Waals surface area (Å²) >= 11 is 0. The fourth-order valence-electron chi connectivity index (χ4n) is 2.38. The Morgan fingerprint density at radius 3 is 2.81 bits per heavy atom. The lowest BCUT2D eigenvalue weighted by molar-refractivity contribution is -0.118. The van der Waals surface area contributed by atoms with Crippen molar-refractivity contribution in [1.82, 2.24) is 9.80 Å². The first kappa shape index (κ1) is 13.7. The summed E-state index contributed by atoms with van der Waals surface area (Å²) in [5, 5.41) is 0. The normalized spacial score (nSPS) is 21.9. The summed E-state index contributed by atoms with van der Waals surface area (Å²) in [5.74, 6) is 0.395. The van der Waals surface area contributed by atoms with Crippen molar-refractivity contribution >= 4 is 5.78 Å². The highest BCUT2D eigenvalue weighted by molar-refractivity contribution is 5.77. The van der Waals surface area contributed by atoms with Crippen LogP contribution in [-0.2, 0) is 4.79 Å². The molecule has 0 N–H and O–H groups in total. The van der Waals surface area contributed by atoms with Gasteiger partial charge in [0, 0.05) is 25.4 Å². The van der Waals surface area contributed by atoms with Crippen LogP contribution in [0.25, 0.3) is 0 Å². The van der Waals surface area contributed by atoms with Gasteiger partial charge >= 0.3 is 0 Å². The van der Waals surface area contributed by atoms with E-state index in [2.05, 4.69) is 23.9 Å². The van der Waals surface area contributed by atoms with Gasteiger partial charge in [0.2, 0.25) is 0 Å². The Labute approximate surface area is 99.8 Å². The van der Waals surface area contributed by atoms with Gasteiger partial charge in [-0.15, -0.1) is 0 Å². The average Bonchev–Trinajstić information content (AvgIpc) is 2.64. The standard InChI is InChI=1S/C13H26N2O/c1-4-13(16)8-6-9-14(2)11-12-7-5-10-15(12)3/h12H,4-11H2,1-3H3. The number of likely N-dealkylation sites (tertiary alicyclic amines) is 1. The van der Waals surface area contributed by atoms with Crippen molar-refractivity contribution in [1.29, 1.82) is 0 Å². The summed E-state index contributed by atoms with van der Waals surface area (Å²) < 4.78 is 0. The van der Waals surface area contributed by atoms with Crippen molar-refractivity contribution in [2.75, 3.05) is 33.7 Å². The van der Waals surface area contributed by atoms with Crippen molar-refractivity contribution in [2.24, 2.45) is 0 Å². The summed E-state index contributed by atoms with van der Waals surface area (Å²) in [4.78, 5) is 16.0. The van der Waals surface area contributed by atoms with Gasteiger partial charge in [-0.2, -0.15) is 0 Å². The van der Waals surface area contributed by atoms with Crippen LogP contribution in [-0.4, -0.2) is 55.4 Å². The lowest BCUT2D eigenvalue weighted by Gasteiger charge is -2.25. The summed E-state index contributed by atoms with van der Waals surface area (Å²) in [7, 11) is 4.38. The summed E-state index contributed by atoms with van der Waals surface area (Å²) in [6, 6.07) is 0.729. The highest BCUT2D eigenvalue weighted by Crippen LogP contribution is 2.15. The van der Waals surface area contributed by atoms with E-state index in [4.69, 9.17) is 0 Å². The average molecular weight is 226 g/mol. The molecule has 3 heteroatoms. The smallest absolute Gasteiger partial charge is 0.132 e. The van der Waals surface area contributed by atoms with Crippen LogP contribution in [0.3, 0.4) is 0 Å². The van der Waals surface area contributed by atoms with E-state index < -0.39 is 0 Å². The second-order valence-electron chi connectivity index (χ2n) is 5.03. The first-order valence-electron chi connectivity index (χ1n) is 6.54. The zero-order chi connectivity index (χ0) is 12.0. The lowest BCUT2D eigenvalue weighted by Crippen LogP contribution is -2.37. The maximum absolute atomic E-state index is 11.2. The third kappa shape index (κ3) is 4.62. The number of ketones is 1. The van der Waals surface area contributed by atoms with Gasteiger partial charge in [-0.25, -0.2) is 0 Å². The molecule has 0 aromatic heterocycles. The van der Waals surface area contributed by atoms with Crippen LogP contribution < -0.4 is 0 Å². The van der Waals surface area contributed by atoms with Gasteiger partial charge in [0.05, 0.1) is 0 Å². The fraction of sp³-hybridized carbons (Fsp3) is 0.923. The van der Waals surface area contributed by atoms with Gasteiger partial charge in [-0.05, 0) is 46.4 Å². The number of hydrogen-bond donors (Lipinski definition) is 0. The van der Waals surface area contributed by atoms with E-state index in [0.29, 0.717) is 12.2 Å². The molecule has 16 heavy (non-hydrogen) atoms. The van der Waals surface area contributed by atoms with Crippen LogP contribution in [0.2, 0.25) is 0 Å². The molecule has 0 spiro atoms. The predicted octanol–water partition coefficient (Wildman–Crippen LogP) is 1.77. The van der Waals surface area contributed by atoms with E-state index in [9.17, 15) is 4.79 Å². The number of Topliss-reactive ketones (excluding diaryl/α,β-unsaturated/α-hetero) is 1. The zero-order valence-corrected chi connectivity index (χ0v) is 11.0. The summed E-state index contributed by atoms with van der Waals surface area (Å²) in [5.41, 5.74) is 0. The van der Waals surface area contributed by atoms with Crippen molar-refractivity contribution < 1.29 is 4.79 Å². The van der Waals surface area contributed by atoms with E-state index in [1.807, 2.05) is 6.92 Å². The van der Waals surface area contributed by atoms with E-state index in [1.165, 1.54) is 19.4 Å². The number of carbonyl (C=O) groups is 1. The summed E-state index contributed by atoms with van der Waals surface area (Å²) in [6.45, 7) is 5.39. The molecular formula is C13H26N2O. The lowest BCUT2D eigenvalue weighted by atomic mass is 10.1. The molecule has 0 bridgehead atoms. The van der Waals surface area contributed by atoms with Gasteiger partial charge in [0.1, 0.15) is 5.78 Å². The predicted molar refractivity (Wildman–Crippen MR) is 67.7 cm³/mol. The highest BCUT2D eigenvalue weighted by Gasteiger charge is 2.21. The zero-order valence-electron chi connectivity index (χ0n) is 11.0. The topological polar surface area (TPSA) is 23.6 Å². The van der Waals surface area contributed by atoms with Gasteiger partial charge in [0.15, 0.2) is 0 Å². The van der Waals surface area contributed by atoms with Gasteiger partial charge in [-0.1, -0.05) is 6.92 Å². The van der Waals surface area contributed by atoms with Gasteiger partial charge in [-0.3, -0.25) is 4.79 Å². The molecular weight excluding hydrogens is 200 g/mol. The third-order valence-corrected chi connectivity index (χ3v) is 3.58. The van der Waals surface area contributed by atoms with E-state index in [0.717, 1.165) is 32.0 Å². The van der Waals surface area contributed by atoms with Crippen LogP contribution in [0.4, 0.5) is 0 Å². The maximum Gasteiger partial charge on any atom is 0.132 e. The highest BCUT2D eigenvalue weighted by atomic mass is 16.1. The number of carbonyl (C=O) groups excluding carboxylic acids is 1. The molecule has 0 aliphatic carbocycles. The third-order valence-electron chi connectivity index (χ3n) is 3.58. The Morgan fingerprint density at radius 2 is 2.25 bits per heavy atom. The molecule has 0 amide bonds. The van der Waals surface area contributed by atoms with E-state index in [-0.39, 0.29) is 0 Å². The second-order valence-corrected chi connectivity index (χ2v) is 5.03. The Kier molecular flexibility index (Phi) is 5.99.